The predicted octanol–water partition coefficient (Wildman–Crippen LogP) is 1.86. The lowest BCUT2D eigenvalue weighted by atomic mass is 9.97. The van der Waals surface area contributed by atoms with E-state index in [4.69, 9.17) is 0 Å². The van der Waals surface area contributed by atoms with Crippen molar-refractivity contribution in [3.63, 3.8) is 0 Å². The van der Waals surface area contributed by atoms with Crippen LogP contribution in [0.2, 0.25) is 0 Å². The quantitative estimate of drug-likeness (QED) is 0.857. The van der Waals surface area contributed by atoms with E-state index in [9.17, 15) is 4.79 Å². The average Bonchev–Trinajstić information content (AvgIpc) is 2.91. The smallest absolute Gasteiger partial charge is 0.242 e. The molecule has 0 aromatic carbocycles. The predicted molar refractivity (Wildman–Crippen MR) is 104 cm³/mol. The topological polar surface area (TPSA) is 73.4 Å². The molecule has 7 nitrogen and oxygen atoms in total. The molecule has 0 spiro atoms. The van der Waals surface area contributed by atoms with Crippen LogP contribution in [0.15, 0.2) is 6.33 Å². The molecule has 0 radical (unpaired) electrons. The first kappa shape index (κ1) is 18.9. The summed E-state index contributed by atoms with van der Waals surface area (Å²) in [5.74, 6) is 1.89. The first-order chi connectivity index (χ1) is 12.3. The van der Waals surface area contributed by atoms with Crippen molar-refractivity contribution in [2.75, 3.05) is 43.4 Å². The lowest BCUT2D eigenvalue weighted by Crippen LogP contribution is -2.43. The Morgan fingerprint density at radius 2 is 2.04 bits per heavy atom. The van der Waals surface area contributed by atoms with E-state index in [2.05, 4.69) is 46.3 Å². The molecule has 26 heavy (non-hydrogen) atoms. The lowest BCUT2D eigenvalue weighted by Gasteiger charge is -2.30. The molecular weight excluding hydrogens is 328 g/mol. The van der Waals surface area contributed by atoms with Crippen LogP contribution in [0.5, 0.6) is 0 Å². The molecule has 3 heterocycles. The number of hydrogen-bond donors (Lipinski definition) is 2. The third kappa shape index (κ3) is 4.44. The van der Waals surface area contributed by atoms with Crippen molar-refractivity contribution in [1.82, 2.24) is 20.2 Å². The van der Waals surface area contributed by atoms with Crippen LogP contribution in [0.1, 0.15) is 45.6 Å². The minimum absolute atomic E-state index is 0.150. The van der Waals surface area contributed by atoms with Crippen molar-refractivity contribution in [2.45, 2.75) is 52.6 Å². The van der Waals surface area contributed by atoms with Gasteiger partial charge in [0, 0.05) is 19.6 Å². The Balaban J connectivity index is 1.89. The second kappa shape index (κ2) is 7.78. The number of hydrogen-bond acceptors (Lipinski definition) is 6. The Morgan fingerprint density at radius 1 is 1.23 bits per heavy atom. The molecule has 2 aliphatic rings. The molecule has 0 saturated carbocycles. The van der Waals surface area contributed by atoms with Crippen LogP contribution < -0.4 is 15.5 Å². The number of carbonyl (C=O) groups excluding carboxylic acids is 1. The highest BCUT2D eigenvalue weighted by molar-refractivity contribution is 5.83. The van der Waals surface area contributed by atoms with Gasteiger partial charge in [0.2, 0.25) is 5.91 Å². The highest BCUT2D eigenvalue weighted by Crippen LogP contribution is 2.30. The molecule has 1 saturated heterocycles. The van der Waals surface area contributed by atoms with Gasteiger partial charge in [-0.2, -0.15) is 0 Å². The van der Waals surface area contributed by atoms with Crippen LogP contribution in [0.4, 0.5) is 11.6 Å². The highest BCUT2D eigenvalue weighted by Gasteiger charge is 2.31. The normalized spacial score (nSPS) is 21.8. The van der Waals surface area contributed by atoms with Crippen LogP contribution in [-0.4, -0.2) is 60.0 Å². The van der Waals surface area contributed by atoms with Crippen molar-refractivity contribution >= 4 is 17.5 Å². The van der Waals surface area contributed by atoms with Gasteiger partial charge < -0.3 is 20.4 Å². The Kier molecular flexibility index (Phi) is 5.65. The van der Waals surface area contributed by atoms with Gasteiger partial charge in [0.25, 0.3) is 0 Å². The summed E-state index contributed by atoms with van der Waals surface area (Å²) in [7, 11) is 1.94. The summed E-state index contributed by atoms with van der Waals surface area (Å²) in [5, 5.41) is 6.92. The van der Waals surface area contributed by atoms with Gasteiger partial charge in [0.15, 0.2) is 0 Å². The molecule has 1 amide bonds. The van der Waals surface area contributed by atoms with Gasteiger partial charge in [-0.25, -0.2) is 9.97 Å². The van der Waals surface area contributed by atoms with Crippen LogP contribution in [0.3, 0.4) is 0 Å². The van der Waals surface area contributed by atoms with E-state index in [0.717, 1.165) is 56.1 Å². The largest absolute Gasteiger partial charge is 0.369 e. The maximum absolute atomic E-state index is 12.9. The molecule has 3 rings (SSSR count). The fourth-order valence-electron chi connectivity index (χ4n) is 3.65. The molecule has 7 heteroatoms. The van der Waals surface area contributed by atoms with Crippen LogP contribution in [0.25, 0.3) is 0 Å². The number of nitrogens with one attached hydrogen (secondary N) is 2. The third-order valence-electron chi connectivity index (χ3n) is 5.08. The number of amides is 1. The van der Waals surface area contributed by atoms with Crippen LogP contribution >= 0.6 is 0 Å². The van der Waals surface area contributed by atoms with Gasteiger partial charge in [-0.1, -0.05) is 20.8 Å². The summed E-state index contributed by atoms with van der Waals surface area (Å²) in [6.07, 6.45) is 4.76. The van der Waals surface area contributed by atoms with Crippen molar-refractivity contribution in [2.24, 2.45) is 5.41 Å². The summed E-state index contributed by atoms with van der Waals surface area (Å²) in [6, 6.07) is 0.285. The minimum atomic E-state index is 0.150. The standard InChI is InChI=1S/C19H32N6O/c1-19(2,3)12-21-17-15-10-25(14-6-5-8-20-9-7-14)16(26)11-24(4)18(15)23-13-22-17/h13-14,20H,5-12H2,1-4H3,(H,21,22,23). The highest BCUT2D eigenvalue weighted by atomic mass is 16.2. The number of aromatic nitrogens is 2. The molecule has 1 fully saturated rings. The Bertz CT molecular complexity index is 633. The summed E-state index contributed by atoms with van der Waals surface area (Å²) in [6.45, 7) is 10.4. The Morgan fingerprint density at radius 3 is 2.81 bits per heavy atom. The van der Waals surface area contributed by atoms with Crippen molar-refractivity contribution in [1.29, 1.82) is 0 Å². The number of fused-ring (bicyclic) bond motifs is 1. The van der Waals surface area contributed by atoms with Gasteiger partial charge in [-0.3, -0.25) is 4.79 Å². The number of rotatable bonds is 3. The third-order valence-corrected chi connectivity index (χ3v) is 5.08. The summed E-state index contributed by atoms with van der Waals surface area (Å²) in [4.78, 5) is 25.9. The Labute approximate surface area is 156 Å². The van der Waals surface area contributed by atoms with Gasteiger partial charge >= 0.3 is 0 Å². The Hall–Kier alpha value is -1.89. The van der Waals surface area contributed by atoms with E-state index in [1.807, 2.05) is 11.9 Å². The maximum atomic E-state index is 12.9. The molecule has 1 aromatic heterocycles. The maximum Gasteiger partial charge on any atom is 0.242 e. The number of anilines is 2. The van der Waals surface area contributed by atoms with Gasteiger partial charge in [0.1, 0.15) is 18.0 Å². The summed E-state index contributed by atoms with van der Waals surface area (Å²) < 4.78 is 0. The number of nitrogens with zero attached hydrogens (tertiary/aromatic N) is 4. The van der Waals surface area contributed by atoms with E-state index < -0.39 is 0 Å². The zero-order chi connectivity index (χ0) is 18.7. The molecule has 1 unspecified atom stereocenters. The first-order valence-corrected chi connectivity index (χ1v) is 9.64. The molecule has 2 aliphatic heterocycles. The summed E-state index contributed by atoms with van der Waals surface area (Å²) in [5.41, 5.74) is 1.18. The SMILES string of the molecule is CN1CC(=O)N(C2CCCNCC2)Cc2c(NCC(C)(C)C)ncnc21. The molecule has 2 N–H and O–H groups in total. The molecule has 0 bridgehead atoms. The zero-order valence-electron chi connectivity index (χ0n) is 16.5. The van der Waals surface area contributed by atoms with E-state index in [1.165, 1.54) is 0 Å². The molecular formula is C19H32N6O. The fourth-order valence-corrected chi connectivity index (χ4v) is 3.65. The van der Waals surface area contributed by atoms with E-state index >= 15 is 0 Å². The summed E-state index contributed by atoms with van der Waals surface area (Å²) >= 11 is 0. The van der Waals surface area contributed by atoms with Crippen molar-refractivity contribution < 1.29 is 4.79 Å². The second-order valence-electron chi connectivity index (χ2n) is 8.65. The average molecular weight is 361 g/mol. The van der Waals surface area contributed by atoms with E-state index in [1.54, 1.807) is 6.33 Å². The lowest BCUT2D eigenvalue weighted by molar-refractivity contribution is -0.132. The zero-order valence-corrected chi connectivity index (χ0v) is 16.5. The molecule has 0 aliphatic carbocycles. The number of carbonyl (C=O) groups is 1. The van der Waals surface area contributed by atoms with E-state index in [0.29, 0.717) is 13.1 Å². The van der Waals surface area contributed by atoms with Crippen LogP contribution in [-0.2, 0) is 11.3 Å². The first-order valence-electron chi connectivity index (χ1n) is 9.64. The van der Waals surface area contributed by atoms with Crippen molar-refractivity contribution in [3.05, 3.63) is 11.9 Å². The molecule has 1 atom stereocenters. The second-order valence-corrected chi connectivity index (χ2v) is 8.65. The van der Waals surface area contributed by atoms with Gasteiger partial charge in [-0.05, 0) is 37.8 Å². The van der Waals surface area contributed by atoms with Gasteiger partial charge in [-0.15, -0.1) is 0 Å². The van der Waals surface area contributed by atoms with Crippen LogP contribution in [0, 0.1) is 5.41 Å². The molecule has 1 aromatic rings. The monoisotopic (exact) mass is 360 g/mol. The number of likely N-dealkylation sites (N-methyl/N-ethyl adjacent to an activating group) is 1. The fraction of sp³-hybridized carbons (Fsp3) is 0.737. The van der Waals surface area contributed by atoms with Gasteiger partial charge in [0.05, 0.1) is 18.7 Å². The van der Waals surface area contributed by atoms with E-state index in [-0.39, 0.29) is 17.4 Å². The molecule has 144 valence electrons. The van der Waals surface area contributed by atoms with Crippen molar-refractivity contribution in [3.8, 4) is 0 Å². The minimum Gasteiger partial charge on any atom is -0.369 e.